The molecule has 1 atom stereocenters. The Morgan fingerprint density at radius 1 is 1.50 bits per heavy atom. The summed E-state index contributed by atoms with van der Waals surface area (Å²) in [6, 6.07) is 0. The van der Waals surface area contributed by atoms with Crippen molar-refractivity contribution in [2.24, 2.45) is 11.8 Å². The third-order valence-corrected chi connectivity index (χ3v) is 4.40. The van der Waals surface area contributed by atoms with Crippen LogP contribution in [0, 0.1) is 11.8 Å². The Morgan fingerprint density at radius 3 is 2.43 bits per heavy atom. The lowest BCUT2D eigenvalue weighted by Gasteiger charge is -2.31. The summed E-state index contributed by atoms with van der Waals surface area (Å²) >= 11 is 3.45. The summed E-state index contributed by atoms with van der Waals surface area (Å²) in [6.07, 6.45) is 3.94. The minimum atomic E-state index is -0.0208. The fourth-order valence-electron chi connectivity index (χ4n) is 1.65. The predicted molar refractivity (Wildman–Crippen MR) is 62.5 cm³/mol. The van der Waals surface area contributed by atoms with Crippen LogP contribution >= 0.6 is 15.9 Å². The topological polar surface area (TPSA) is 20.3 Å². The molecule has 1 saturated carbocycles. The van der Waals surface area contributed by atoms with Gasteiger partial charge in [-0.05, 0) is 24.7 Å². The molecule has 2 nitrogen and oxygen atoms in total. The van der Waals surface area contributed by atoms with E-state index >= 15 is 0 Å². The van der Waals surface area contributed by atoms with Crippen LogP contribution in [0.5, 0.6) is 0 Å². The monoisotopic (exact) mass is 261 g/mol. The maximum atomic E-state index is 11.8. The molecule has 0 radical (unpaired) electrons. The molecule has 0 saturated heterocycles. The molecule has 1 aliphatic carbocycles. The van der Waals surface area contributed by atoms with Gasteiger partial charge in [0.1, 0.15) is 0 Å². The largest absolute Gasteiger partial charge is 0.345 e. The molecular formula is C11H20BrNO. The van der Waals surface area contributed by atoms with Crippen molar-refractivity contribution >= 4 is 21.8 Å². The first-order valence-corrected chi connectivity index (χ1v) is 6.33. The summed E-state index contributed by atoms with van der Waals surface area (Å²) in [5.74, 6) is 1.36. The van der Waals surface area contributed by atoms with E-state index in [0.29, 0.717) is 5.92 Å². The minimum absolute atomic E-state index is 0.0208. The van der Waals surface area contributed by atoms with Crippen LogP contribution in [0.1, 0.15) is 33.1 Å². The van der Waals surface area contributed by atoms with Crippen molar-refractivity contribution in [3.63, 3.8) is 0 Å². The van der Waals surface area contributed by atoms with Gasteiger partial charge in [-0.3, -0.25) is 4.79 Å². The molecule has 0 aromatic rings. The number of nitrogens with zero attached hydrogens (tertiary/aromatic N) is 1. The third kappa shape index (κ3) is 2.97. The number of hydrogen-bond acceptors (Lipinski definition) is 1. The maximum absolute atomic E-state index is 11.8. The van der Waals surface area contributed by atoms with Crippen LogP contribution in [0.4, 0.5) is 0 Å². The molecule has 0 spiro atoms. The number of halogens is 1. The van der Waals surface area contributed by atoms with Crippen molar-refractivity contribution < 1.29 is 4.79 Å². The molecule has 0 heterocycles. The maximum Gasteiger partial charge on any atom is 0.236 e. The highest BCUT2D eigenvalue weighted by Gasteiger charge is 2.26. The van der Waals surface area contributed by atoms with Gasteiger partial charge >= 0.3 is 0 Å². The molecule has 0 aromatic carbocycles. The van der Waals surface area contributed by atoms with Gasteiger partial charge in [-0.25, -0.2) is 0 Å². The summed E-state index contributed by atoms with van der Waals surface area (Å²) in [5, 5.41) is 0. The summed E-state index contributed by atoms with van der Waals surface area (Å²) < 4.78 is 0. The summed E-state index contributed by atoms with van der Waals surface area (Å²) in [6.45, 7) is 5.07. The molecule has 1 fully saturated rings. The van der Waals surface area contributed by atoms with E-state index in [0.717, 1.165) is 12.5 Å². The van der Waals surface area contributed by atoms with Gasteiger partial charge in [0, 0.05) is 13.6 Å². The highest BCUT2D eigenvalue weighted by molar-refractivity contribution is 9.10. The first kappa shape index (κ1) is 12.0. The average Bonchev–Trinajstić information content (AvgIpc) is 2.08. The Balaban J connectivity index is 2.34. The van der Waals surface area contributed by atoms with Crippen LogP contribution < -0.4 is 0 Å². The van der Waals surface area contributed by atoms with Gasteiger partial charge in [0.2, 0.25) is 5.91 Å². The summed E-state index contributed by atoms with van der Waals surface area (Å²) in [5.41, 5.74) is 0. The second-order valence-electron chi connectivity index (χ2n) is 4.66. The molecule has 82 valence electrons. The number of carbonyl (C=O) groups excluding carboxylic acids is 1. The van der Waals surface area contributed by atoms with Crippen molar-refractivity contribution in [3.05, 3.63) is 0 Å². The van der Waals surface area contributed by atoms with Crippen LogP contribution in [0.25, 0.3) is 0 Å². The lowest BCUT2D eigenvalue weighted by molar-refractivity contribution is -0.130. The van der Waals surface area contributed by atoms with Crippen molar-refractivity contribution in [2.75, 3.05) is 13.6 Å². The predicted octanol–water partition coefficient (Wildman–Crippen LogP) is 2.66. The van der Waals surface area contributed by atoms with E-state index in [1.54, 1.807) is 0 Å². The van der Waals surface area contributed by atoms with E-state index in [-0.39, 0.29) is 10.7 Å². The van der Waals surface area contributed by atoms with E-state index < -0.39 is 0 Å². The highest BCUT2D eigenvalue weighted by Crippen LogP contribution is 2.27. The van der Waals surface area contributed by atoms with Gasteiger partial charge in [0.25, 0.3) is 0 Å². The molecule has 0 N–H and O–H groups in total. The van der Waals surface area contributed by atoms with E-state index in [1.807, 2.05) is 11.9 Å². The van der Waals surface area contributed by atoms with Crippen LogP contribution in [0.2, 0.25) is 0 Å². The van der Waals surface area contributed by atoms with Crippen LogP contribution in [-0.4, -0.2) is 29.2 Å². The lowest BCUT2D eigenvalue weighted by atomic mass is 9.85. The van der Waals surface area contributed by atoms with E-state index in [4.69, 9.17) is 0 Å². The molecule has 14 heavy (non-hydrogen) atoms. The SMILES string of the molecule is CC(C)C(Br)C(=O)N(C)CC1CCC1. The zero-order chi connectivity index (χ0) is 10.7. The first-order chi connectivity index (χ1) is 6.52. The zero-order valence-corrected chi connectivity index (χ0v) is 10.9. The molecule has 0 bridgehead atoms. The average molecular weight is 262 g/mol. The molecule has 1 unspecified atom stereocenters. The molecule has 1 amide bonds. The number of alkyl halides is 1. The zero-order valence-electron chi connectivity index (χ0n) is 9.29. The molecule has 3 heteroatoms. The number of carbonyl (C=O) groups is 1. The first-order valence-electron chi connectivity index (χ1n) is 5.41. The Labute approximate surface area is 95.2 Å². The number of rotatable bonds is 4. The second-order valence-corrected chi connectivity index (χ2v) is 5.65. The van der Waals surface area contributed by atoms with Crippen LogP contribution in [-0.2, 0) is 4.79 Å². The van der Waals surface area contributed by atoms with Crippen molar-refractivity contribution in [3.8, 4) is 0 Å². The van der Waals surface area contributed by atoms with E-state index in [9.17, 15) is 4.79 Å². The van der Waals surface area contributed by atoms with Crippen LogP contribution in [0.3, 0.4) is 0 Å². The van der Waals surface area contributed by atoms with Gasteiger partial charge < -0.3 is 4.90 Å². The molecule has 0 aromatic heterocycles. The minimum Gasteiger partial charge on any atom is -0.345 e. The highest BCUT2D eigenvalue weighted by atomic mass is 79.9. The Hall–Kier alpha value is -0.0500. The summed E-state index contributed by atoms with van der Waals surface area (Å²) in [4.78, 5) is 13.7. The van der Waals surface area contributed by atoms with E-state index in [2.05, 4.69) is 29.8 Å². The lowest BCUT2D eigenvalue weighted by Crippen LogP contribution is -2.40. The Bertz CT molecular complexity index is 201. The fraction of sp³-hybridized carbons (Fsp3) is 0.909. The van der Waals surface area contributed by atoms with Gasteiger partial charge in [-0.15, -0.1) is 0 Å². The molecule has 1 rings (SSSR count). The smallest absolute Gasteiger partial charge is 0.236 e. The standard InChI is InChI=1S/C11H20BrNO/c1-8(2)10(12)11(14)13(3)7-9-5-4-6-9/h8-10H,4-7H2,1-3H3. The Morgan fingerprint density at radius 2 is 2.07 bits per heavy atom. The molecule has 0 aliphatic heterocycles. The van der Waals surface area contributed by atoms with Crippen molar-refractivity contribution in [2.45, 2.75) is 37.9 Å². The van der Waals surface area contributed by atoms with Crippen LogP contribution in [0.15, 0.2) is 0 Å². The molecule has 1 aliphatic rings. The van der Waals surface area contributed by atoms with Crippen molar-refractivity contribution in [1.29, 1.82) is 0 Å². The number of amides is 1. The van der Waals surface area contributed by atoms with E-state index in [1.165, 1.54) is 19.3 Å². The van der Waals surface area contributed by atoms with Gasteiger partial charge in [0.15, 0.2) is 0 Å². The quantitative estimate of drug-likeness (QED) is 0.713. The third-order valence-electron chi connectivity index (χ3n) is 2.95. The van der Waals surface area contributed by atoms with Gasteiger partial charge in [-0.2, -0.15) is 0 Å². The number of hydrogen-bond donors (Lipinski definition) is 0. The molecular weight excluding hydrogens is 242 g/mol. The summed E-state index contributed by atoms with van der Waals surface area (Å²) in [7, 11) is 1.91. The van der Waals surface area contributed by atoms with Crippen molar-refractivity contribution in [1.82, 2.24) is 4.90 Å². The second kappa shape index (κ2) is 5.15. The fourth-order valence-corrected chi connectivity index (χ4v) is 2.00. The van der Waals surface area contributed by atoms with Gasteiger partial charge in [-0.1, -0.05) is 36.2 Å². The normalized spacial score (nSPS) is 19.2. The van der Waals surface area contributed by atoms with Gasteiger partial charge in [0.05, 0.1) is 4.83 Å². The Kier molecular flexibility index (Phi) is 4.42.